The molecule has 8 heteroatoms. The third-order valence-electron chi connectivity index (χ3n) is 4.25. The molecule has 1 unspecified atom stereocenters. The topological polar surface area (TPSA) is 95.0 Å². The third-order valence-corrected chi connectivity index (χ3v) is 4.25. The fourth-order valence-electron chi connectivity index (χ4n) is 2.90. The predicted molar refractivity (Wildman–Crippen MR) is 129 cm³/mol. The van der Waals surface area contributed by atoms with E-state index in [1.54, 1.807) is 31.4 Å². The number of aliphatic hydroxyl groups is 1. The largest absolute Gasteiger partial charge is 0.497 e. The number of rotatable bonds is 12. The molecule has 1 aromatic carbocycles. The monoisotopic (exact) mass is 520 g/mol. The van der Waals surface area contributed by atoms with Crippen molar-refractivity contribution in [2.45, 2.75) is 33.6 Å². The molecule has 0 spiro atoms. The molecular formula is C21H37IN4O3. The Morgan fingerprint density at radius 1 is 1.14 bits per heavy atom. The predicted octanol–water partition coefficient (Wildman–Crippen LogP) is 2.64. The molecule has 0 radical (unpaired) electrons. The molecule has 0 aliphatic rings. The summed E-state index contributed by atoms with van der Waals surface area (Å²) in [5.41, 5.74) is 0.599. The summed E-state index contributed by atoms with van der Waals surface area (Å²) in [6.45, 7) is 9.07. The molecule has 0 aliphatic carbocycles. The average molecular weight is 520 g/mol. The number of nitrogens with zero attached hydrogens (tertiary/aromatic N) is 1. The maximum absolute atomic E-state index is 12.2. The number of hydrogen-bond donors (Lipinski definition) is 4. The lowest BCUT2D eigenvalue weighted by molar-refractivity contribution is 0.0954. The van der Waals surface area contributed by atoms with Gasteiger partial charge in [-0.3, -0.25) is 9.79 Å². The summed E-state index contributed by atoms with van der Waals surface area (Å²) in [6.07, 6.45) is 1.81. The standard InChI is InChI=1S/C21H36N4O3.HI/c1-5-22-21(25-15-17(10-13-26)14-16(2)3)24-12-11-23-20(27)18-6-8-19(28-4)9-7-18;/h6-9,16-17,26H,5,10-15H2,1-4H3,(H,23,27)(H2,22,24,25);1H. The third kappa shape index (κ3) is 11.9. The molecule has 7 nitrogen and oxygen atoms in total. The maximum atomic E-state index is 12.2. The Morgan fingerprint density at radius 3 is 2.34 bits per heavy atom. The molecule has 0 saturated heterocycles. The van der Waals surface area contributed by atoms with Crippen LogP contribution in [0, 0.1) is 11.8 Å². The minimum absolute atomic E-state index is 0. The Morgan fingerprint density at radius 2 is 1.79 bits per heavy atom. The summed E-state index contributed by atoms with van der Waals surface area (Å²) < 4.78 is 5.10. The summed E-state index contributed by atoms with van der Waals surface area (Å²) in [5.74, 6) is 2.28. The van der Waals surface area contributed by atoms with Gasteiger partial charge in [-0.25, -0.2) is 0 Å². The van der Waals surface area contributed by atoms with Crippen LogP contribution in [0.3, 0.4) is 0 Å². The lowest BCUT2D eigenvalue weighted by Gasteiger charge is -2.17. The van der Waals surface area contributed by atoms with Crippen molar-refractivity contribution < 1.29 is 14.6 Å². The van der Waals surface area contributed by atoms with Gasteiger partial charge in [-0.1, -0.05) is 13.8 Å². The maximum Gasteiger partial charge on any atom is 0.251 e. The first-order valence-corrected chi connectivity index (χ1v) is 10.0. The molecule has 0 aliphatic heterocycles. The van der Waals surface area contributed by atoms with Crippen LogP contribution in [0.25, 0.3) is 0 Å². The number of methoxy groups -OCH3 is 1. The first-order valence-electron chi connectivity index (χ1n) is 10.0. The molecule has 0 aromatic heterocycles. The highest BCUT2D eigenvalue weighted by Gasteiger charge is 2.11. The Balaban J connectivity index is 0.00000784. The van der Waals surface area contributed by atoms with E-state index >= 15 is 0 Å². The van der Waals surface area contributed by atoms with Gasteiger partial charge in [0, 0.05) is 38.3 Å². The second kappa shape index (κ2) is 16.3. The van der Waals surface area contributed by atoms with Gasteiger partial charge in [0.2, 0.25) is 0 Å². The fourth-order valence-corrected chi connectivity index (χ4v) is 2.90. The number of carbonyl (C=O) groups is 1. The molecule has 1 atom stereocenters. The van der Waals surface area contributed by atoms with Crippen LogP contribution in [-0.4, -0.2) is 56.9 Å². The van der Waals surface area contributed by atoms with Gasteiger partial charge >= 0.3 is 0 Å². The summed E-state index contributed by atoms with van der Waals surface area (Å²) in [7, 11) is 1.60. The molecule has 4 N–H and O–H groups in total. The van der Waals surface area contributed by atoms with Gasteiger partial charge in [0.05, 0.1) is 7.11 Å². The molecule has 0 fully saturated rings. The summed E-state index contributed by atoms with van der Waals surface area (Å²) in [5, 5.41) is 18.6. The van der Waals surface area contributed by atoms with Gasteiger partial charge in [0.1, 0.15) is 5.75 Å². The van der Waals surface area contributed by atoms with E-state index in [4.69, 9.17) is 4.74 Å². The van der Waals surface area contributed by atoms with Crippen LogP contribution < -0.4 is 20.7 Å². The molecule has 1 amide bonds. The van der Waals surface area contributed by atoms with Crippen molar-refractivity contribution >= 4 is 35.8 Å². The van der Waals surface area contributed by atoms with E-state index in [2.05, 4.69) is 34.8 Å². The number of halogens is 1. The van der Waals surface area contributed by atoms with Crippen molar-refractivity contribution in [3.05, 3.63) is 29.8 Å². The van der Waals surface area contributed by atoms with E-state index in [1.165, 1.54) is 0 Å². The average Bonchev–Trinajstić information content (AvgIpc) is 2.68. The van der Waals surface area contributed by atoms with Crippen molar-refractivity contribution in [3.63, 3.8) is 0 Å². The molecule has 1 aromatic rings. The van der Waals surface area contributed by atoms with Gasteiger partial charge in [-0.05, 0) is 55.9 Å². The summed E-state index contributed by atoms with van der Waals surface area (Å²) >= 11 is 0. The number of amides is 1. The zero-order valence-electron chi connectivity index (χ0n) is 18.0. The zero-order valence-corrected chi connectivity index (χ0v) is 20.4. The quantitative estimate of drug-likeness (QED) is 0.147. The minimum Gasteiger partial charge on any atom is -0.497 e. The normalized spacial score (nSPS) is 12.1. The highest BCUT2D eigenvalue weighted by atomic mass is 127. The highest BCUT2D eigenvalue weighted by molar-refractivity contribution is 14.0. The smallest absolute Gasteiger partial charge is 0.251 e. The molecule has 0 bridgehead atoms. The number of guanidine groups is 1. The van der Waals surface area contributed by atoms with E-state index in [9.17, 15) is 9.90 Å². The van der Waals surface area contributed by atoms with E-state index < -0.39 is 0 Å². The Hall–Kier alpha value is -1.55. The first kappa shape index (κ1) is 27.5. The van der Waals surface area contributed by atoms with Crippen LogP contribution in [-0.2, 0) is 0 Å². The molecular weight excluding hydrogens is 483 g/mol. The molecule has 1 rings (SSSR count). The van der Waals surface area contributed by atoms with Gasteiger partial charge in [-0.15, -0.1) is 24.0 Å². The van der Waals surface area contributed by atoms with E-state index in [1.807, 2.05) is 6.92 Å². The van der Waals surface area contributed by atoms with Gasteiger partial charge in [-0.2, -0.15) is 0 Å². The molecule has 29 heavy (non-hydrogen) atoms. The second-order valence-corrected chi connectivity index (χ2v) is 7.14. The van der Waals surface area contributed by atoms with Crippen LogP contribution >= 0.6 is 24.0 Å². The van der Waals surface area contributed by atoms with Crippen LogP contribution in [0.2, 0.25) is 0 Å². The second-order valence-electron chi connectivity index (χ2n) is 7.14. The van der Waals surface area contributed by atoms with E-state index in [-0.39, 0.29) is 36.5 Å². The van der Waals surface area contributed by atoms with Crippen LogP contribution in [0.5, 0.6) is 5.75 Å². The number of ether oxygens (including phenoxy) is 1. The summed E-state index contributed by atoms with van der Waals surface area (Å²) in [6, 6.07) is 7.01. The number of carbonyl (C=O) groups excluding carboxylic acids is 1. The fraction of sp³-hybridized carbons (Fsp3) is 0.619. The van der Waals surface area contributed by atoms with E-state index in [0.29, 0.717) is 37.0 Å². The Bertz CT molecular complexity index is 594. The zero-order chi connectivity index (χ0) is 20.8. The van der Waals surface area contributed by atoms with Gasteiger partial charge < -0.3 is 25.8 Å². The lowest BCUT2D eigenvalue weighted by atomic mass is 9.94. The minimum atomic E-state index is -0.119. The lowest BCUT2D eigenvalue weighted by Crippen LogP contribution is -2.41. The molecule has 0 heterocycles. The van der Waals surface area contributed by atoms with Crippen molar-refractivity contribution in [1.29, 1.82) is 0 Å². The van der Waals surface area contributed by atoms with Crippen LogP contribution in [0.1, 0.15) is 44.0 Å². The number of nitrogens with one attached hydrogen (secondary N) is 3. The number of aliphatic imine (C=N–C) groups is 1. The van der Waals surface area contributed by atoms with Gasteiger partial charge in [0.15, 0.2) is 5.96 Å². The summed E-state index contributed by atoms with van der Waals surface area (Å²) in [4.78, 5) is 16.8. The van der Waals surface area contributed by atoms with Crippen molar-refractivity contribution in [2.75, 3.05) is 39.9 Å². The number of benzene rings is 1. The SMILES string of the molecule is CCNC(=NCC(CCO)CC(C)C)NCCNC(=O)c1ccc(OC)cc1.I. The van der Waals surface area contributed by atoms with Crippen molar-refractivity contribution in [3.8, 4) is 5.75 Å². The Kier molecular flexibility index (Phi) is 15.4. The number of hydrogen-bond acceptors (Lipinski definition) is 4. The highest BCUT2D eigenvalue weighted by Crippen LogP contribution is 2.15. The van der Waals surface area contributed by atoms with Crippen molar-refractivity contribution in [2.24, 2.45) is 16.8 Å². The van der Waals surface area contributed by atoms with Gasteiger partial charge in [0.25, 0.3) is 5.91 Å². The Labute approximate surface area is 192 Å². The van der Waals surface area contributed by atoms with Crippen LogP contribution in [0.4, 0.5) is 0 Å². The van der Waals surface area contributed by atoms with Crippen molar-refractivity contribution in [1.82, 2.24) is 16.0 Å². The molecule has 0 saturated carbocycles. The molecule has 166 valence electrons. The van der Waals surface area contributed by atoms with Crippen LogP contribution in [0.15, 0.2) is 29.3 Å². The van der Waals surface area contributed by atoms with E-state index in [0.717, 1.165) is 31.1 Å². The first-order chi connectivity index (χ1) is 13.5. The number of aliphatic hydroxyl groups excluding tert-OH is 1.